The lowest BCUT2D eigenvalue weighted by Gasteiger charge is -2.13. The zero-order valence-corrected chi connectivity index (χ0v) is 15.5. The van der Waals surface area contributed by atoms with Gasteiger partial charge in [0.2, 0.25) is 10.0 Å². The first kappa shape index (κ1) is 19.9. The average Bonchev–Trinajstić information content (AvgIpc) is 3.49. The van der Waals surface area contributed by atoms with Crippen LogP contribution in [0.15, 0.2) is 47.4 Å². The minimum atomic E-state index is -3.77. The van der Waals surface area contributed by atoms with Crippen LogP contribution in [0.4, 0.5) is 8.78 Å². The first-order valence-corrected chi connectivity index (χ1v) is 10.0. The van der Waals surface area contributed by atoms with Gasteiger partial charge in [0.1, 0.15) is 17.7 Å². The SMILES string of the molecule is N#CC(NC(=O)c1cccc(S(=O)(=O)NCC2CC2)c1)c1ccc(F)cc1F. The minimum Gasteiger partial charge on any atom is -0.332 e. The average molecular weight is 405 g/mol. The van der Waals surface area contributed by atoms with Crippen molar-refractivity contribution in [3.8, 4) is 6.07 Å². The number of hydrogen-bond donors (Lipinski definition) is 2. The number of carbonyl (C=O) groups excluding carboxylic acids is 1. The van der Waals surface area contributed by atoms with Crippen LogP contribution in [0.2, 0.25) is 0 Å². The number of sulfonamides is 1. The van der Waals surface area contributed by atoms with Gasteiger partial charge in [-0.3, -0.25) is 4.79 Å². The third-order valence-electron chi connectivity index (χ3n) is 4.34. The summed E-state index contributed by atoms with van der Waals surface area (Å²) in [5.74, 6) is -2.17. The summed E-state index contributed by atoms with van der Waals surface area (Å²) in [7, 11) is -3.77. The molecule has 6 nitrogen and oxygen atoms in total. The van der Waals surface area contributed by atoms with E-state index in [0.29, 0.717) is 18.5 Å². The molecule has 0 aliphatic heterocycles. The van der Waals surface area contributed by atoms with Crippen molar-refractivity contribution in [3.63, 3.8) is 0 Å². The first-order valence-electron chi connectivity index (χ1n) is 8.55. The molecule has 2 aromatic rings. The highest BCUT2D eigenvalue weighted by atomic mass is 32.2. The Hall–Kier alpha value is -2.83. The van der Waals surface area contributed by atoms with Gasteiger partial charge in [0.15, 0.2) is 0 Å². The Kier molecular flexibility index (Phi) is 5.72. The molecule has 1 amide bonds. The second-order valence-corrected chi connectivity index (χ2v) is 8.29. The van der Waals surface area contributed by atoms with Gasteiger partial charge in [-0.15, -0.1) is 0 Å². The second-order valence-electron chi connectivity index (χ2n) is 6.52. The molecule has 2 aromatic carbocycles. The van der Waals surface area contributed by atoms with E-state index in [2.05, 4.69) is 10.0 Å². The zero-order valence-electron chi connectivity index (χ0n) is 14.7. The fourth-order valence-corrected chi connectivity index (χ4v) is 3.73. The summed E-state index contributed by atoms with van der Waals surface area (Å²) in [6.45, 7) is 0.346. The molecule has 0 aromatic heterocycles. The number of nitrogens with one attached hydrogen (secondary N) is 2. The maximum absolute atomic E-state index is 13.9. The first-order chi connectivity index (χ1) is 13.3. The molecule has 1 fully saturated rings. The van der Waals surface area contributed by atoms with Crippen molar-refractivity contribution in [3.05, 3.63) is 65.2 Å². The van der Waals surface area contributed by atoms with Crippen LogP contribution in [0, 0.1) is 28.9 Å². The summed E-state index contributed by atoms with van der Waals surface area (Å²) in [6.07, 6.45) is 1.97. The Morgan fingerprint density at radius 1 is 1.21 bits per heavy atom. The molecule has 146 valence electrons. The van der Waals surface area contributed by atoms with Gasteiger partial charge in [0, 0.05) is 23.7 Å². The number of hydrogen-bond acceptors (Lipinski definition) is 4. The topological polar surface area (TPSA) is 99.1 Å². The van der Waals surface area contributed by atoms with Crippen molar-refractivity contribution in [2.75, 3.05) is 6.54 Å². The predicted molar refractivity (Wildman–Crippen MR) is 96.5 cm³/mol. The van der Waals surface area contributed by atoms with Crippen molar-refractivity contribution < 1.29 is 22.0 Å². The molecule has 0 bridgehead atoms. The smallest absolute Gasteiger partial charge is 0.252 e. The van der Waals surface area contributed by atoms with Crippen LogP contribution >= 0.6 is 0 Å². The van der Waals surface area contributed by atoms with Crippen molar-refractivity contribution in [2.24, 2.45) is 5.92 Å². The summed E-state index contributed by atoms with van der Waals surface area (Å²) in [4.78, 5) is 12.4. The van der Waals surface area contributed by atoms with E-state index in [1.165, 1.54) is 24.3 Å². The van der Waals surface area contributed by atoms with Gasteiger partial charge >= 0.3 is 0 Å². The number of nitrogens with zero attached hydrogens (tertiary/aromatic N) is 1. The molecular formula is C19H17F2N3O3S. The normalized spacial score (nSPS) is 14.9. The number of carbonyl (C=O) groups is 1. The summed E-state index contributed by atoms with van der Waals surface area (Å²) >= 11 is 0. The molecule has 1 unspecified atom stereocenters. The van der Waals surface area contributed by atoms with E-state index in [4.69, 9.17) is 0 Å². The van der Waals surface area contributed by atoms with Crippen LogP contribution in [0.5, 0.6) is 0 Å². The molecule has 1 atom stereocenters. The van der Waals surface area contributed by atoms with E-state index >= 15 is 0 Å². The molecule has 2 N–H and O–H groups in total. The highest BCUT2D eigenvalue weighted by Gasteiger charge is 2.25. The van der Waals surface area contributed by atoms with E-state index in [1.807, 2.05) is 0 Å². The largest absolute Gasteiger partial charge is 0.332 e. The van der Waals surface area contributed by atoms with Gasteiger partial charge in [0.05, 0.1) is 11.0 Å². The van der Waals surface area contributed by atoms with E-state index < -0.39 is 33.6 Å². The summed E-state index contributed by atoms with van der Waals surface area (Å²) < 4.78 is 54.1. The molecule has 0 heterocycles. The van der Waals surface area contributed by atoms with Gasteiger partial charge in [0.25, 0.3) is 5.91 Å². The molecule has 1 aliphatic carbocycles. The molecule has 28 heavy (non-hydrogen) atoms. The van der Waals surface area contributed by atoms with E-state index in [1.54, 1.807) is 6.07 Å². The minimum absolute atomic E-state index is 0.00272. The second kappa shape index (κ2) is 8.04. The molecule has 9 heteroatoms. The highest BCUT2D eigenvalue weighted by Crippen LogP contribution is 2.28. The fourth-order valence-electron chi connectivity index (χ4n) is 2.57. The molecule has 3 rings (SSSR count). The number of amides is 1. The summed E-state index contributed by atoms with van der Waals surface area (Å²) in [5.41, 5.74) is -0.191. The Morgan fingerprint density at radius 2 is 1.96 bits per heavy atom. The van der Waals surface area contributed by atoms with E-state index in [9.17, 15) is 27.3 Å². The Morgan fingerprint density at radius 3 is 2.61 bits per heavy atom. The maximum atomic E-state index is 13.9. The Bertz CT molecular complexity index is 1050. The lowest BCUT2D eigenvalue weighted by Crippen LogP contribution is -2.29. The molecule has 1 aliphatic rings. The van der Waals surface area contributed by atoms with Gasteiger partial charge in [-0.1, -0.05) is 12.1 Å². The summed E-state index contributed by atoms with van der Waals surface area (Å²) in [6, 6.07) is 8.36. The van der Waals surface area contributed by atoms with Crippen LogP contribution in [0.1, 0.15) is 34.8 Å². The van der Waals surface area contributed by atoms with Crippen molar-refractivity contribution >= 4 is 15.9 Å². The monoisotopic (exact) mass is 405 g/mol. The van der Waals surface area contributed by atoms with Crippen molar-refractivity contribution in [2.45, 2.75) is 23.8 Å². The van der Waals surface area contributed by atoms with Gasteiger partial charge in [-0.05, 0) is 43.0 Å². The number of nitriles is 1. The Balaban J connectivity index is 1.77. The van der Waals surface area contributed by atoms with Crippen LogP contribution in [0.25, 0.3) is 0 Å². The predicted octanol–water partition coefficient (Wildman–Crippen LogP) is 2.65. The zero-order chi connectivity index (χ0) is 20.3. The van der Waals surface area contributed by atoms with Crippen molar-refractivity contribution in [1.82, 2.24) is 10.0 Å². The molecular weight excluding hydrogens is 388 g/mol. The number of rotatable bonds is 7. The summed E-state index contributed by atoms with van der Waals surface area (Å²) in [5, 5.41) is 11.6. The molecule has 1 saturated carbocycles. The standard InChI is InChI=1S/C19H17F2N3O3S/c20-14-6-7-16(17(21)9-14)18(10-22)24-19(25)13-2-1-3-15(8-13)28(26,27)23-11-12-4-5-12/h1-3,6-9,12,18,23H,4-5,11H2,(H,24,25). The lowest BCUT2D eigenvalue weighted by atomic mass is 10.1. The number of benzene rings is 2. The fraction of sp³-hybridized carbons (Fsp3) is 0.263. The lowest BCUT2D eigenvalue weighted by molar-refractivity contribution is 0.0944. The highest BCUT2D eigenvalue weighted by molar-refractivity contribution is 7.89. The van der Waals surface area contributed by atoms with Crippen molar-refractivity contribution in [1.29, 1.82) is 5.26 Å². The van der Waals surface area contributed by atoms with Crippen LogP contribution in [-0.2, 0) is 10.0 Å². The third kappa shape index (κ3) is 4.71. The quantitative estimate of drug-likeness (QED) is 0.740. The van der Waals surface area contributed by atoms with Gasteiger partial charge in [-0.25, -0.2) is 21.9 Å². The van der Waals surface area contributed by atoms with Gasteiger partial charge in [-0.2, -0.15) is 5.26 Å². The van der Waals surface area contributed by atoms with Crippen LogP contribution in [0.3, 0.4) is 0 Å². The molecule has 0 spiro atoms. The Labute approximate surface area is 161 Å². The van der Waals surface area contributed by atoms with E-state index in [0.717, 1.165) is 25.0 Å². The number of halogens is 2. The van der Waals surface area contributed by atoms with Crippen LogP contribution < -0.4 is 10.0 Å². The molecule has 0 saturated heterocycles. The maximum Gasteiger partial charge on any atom is 0.252 e. The van der Waals surface area contributed by atoms with E-state index in [-0.39, 0.29) is 16.0 Å². The molecule has 0 radical (unpaired) electrons. The van der Waals surface area contributed by atoms with Crippen LogP contribution in [-0.4, -0.2) is 20.9 Å². The van der Waals surface area contributed by atoms with Gasteiger partial charge < -0.3 is 5.32 Å². The third-order valence-corrected chi connectivity index (χ3v) is 5.76.